The lowest BCUT2D eigenvalue weighted by Gasteiger charge is -2.18. The second-order valence-corrected chi connectivity index (χ2v) is 6.03. The van der Waals surface area contributed by atoms with Crippen LogP contribution in [0.1, 0.15) is 41.8 Å². The van der Waals surface area contributed by atoms with Crippen molar-refractivity contribution in [1.82, 2.24) is 4.90 Å². The Balaban J connectivity index is 2.00. The molecule has 0 N–H and O–H groups in total. The molecule has 0 aliphatic carbocycles. The second-order valence-electron chi connectivity index (χ2n) is 6.03. The smallest absolute Gasteiger partial charge is 0.254 e. The molecule has 1 aliphatic heterocycles. The van der Waals surface area contributed by atoms with Gasteiger partial charge in [0.05, 0.1) is 17.7 Å². The molecule has 21 heavy (non-hydrogen) atoms. The topological polar surface area (TPSA) is 53.3 Å². The van der Waals surface area contributed by atoms with Crippen molar-refractivity contribution in [2.75, 3.05) is 19.7 Å². The lowest BCUT2D eigenvalue weighted by Crippen LogP contribution is -2.31. The van der Waals surface area contributed by atoms with Gasteiger partial charge in [-0.3, -0.25) is 4.79 Å². The van der Waals surface area contributed by atoms with Crippen LogP contribution in [0.15, 0.2) is 18.2 Å². The van der Waals surface area contributed by atoms with Crippen molar-refractivity contribution in [2.45, 2.75) is 33.3 Å². The number of likely N-dealkylation sites (tertiary alicyclic amines) is 1. The van der Waals surface area contributed by atoms with E-state index in [1.165, 1.54) is 0 Å². The van der Waals surface area contributed by atoms with Crippen LogP contribution in [0, 0.1) is 24.2 Å². The van der Waals surface area contributed by atoms with E-state index in [-0.39, 0.29) is 12.0 Å². The maximum absolute atomic E-state index is 12.5. The first-order valence-electron chi connectivity index (χ1n) is 7.43. The largest absolute Gasteiger partial charge is 0.376 e. The van der Waals surface area contributed by atoms with Gasteiger partial charge in [-0.25, -0.2) is 0 Å². The minimum absolute atomic E-state index is 0.0348. The Hall–Kier alpha value is -1.86. The summed E-state index contributed by atoms with van der Waals surface area (Å²) in [5.74, 6) is 0.545. The standard InChI is InChI=1S/C17H22N2O2/c1-12(2)11-21-15-6-7-19(10-15)17(20)16-5-4-14(9-18)8-13(16)3/h4-5,8,12,15H,6-7,10-11H2,1-3H3. The van der Waals surface area contributed by atoms with Crippen molar-refractivity contribution >= 4 is 5.91 Å². The highest BCUT2D eigenvalue weighted by Gasteiger charge is 2.28. The number of aryl methyl sites for hydroxylation is 1. The van der Waals surface area contributed by atoms with E-state index in [1.54, 1.807) is 18.2 Å². The van der Waals surface area contributed by atoms with E-state index in [4.69, 9.17) is 10.00 Å². The van der Waals surface area contributed by atoms with E-state index < -0.39 is 0 Å². The highest BCUT2D eigenvalue weighted by atomic mass is 16.5. The van der Waals surface area contributed by atoms with Gasteiger partial charge in [0.15, 0.2) is 0 Å². The summed E-state index contributed by atoms with van der Waals surface area (Å²) >= 11 is 0. The number of carbonyl (C=O) groups is 1. The molecule has 1 aromatic carbocycles. The minimum atomic E-state index is 0.0348. The number of hydrogen-bond donors (Lipinski definition) is 0. The average molecular weight is 286 g/mol. The molecular weight excluding hydrogens is 264 g/mol. The fourth-order valence-electron chi connectivity index (χ4n) is 2.52. The number of hydrogen-bond acceptors (Lipinski definition) is 3. The number of rotatable bonds is 4. The van der Waals surface area contributed by atoms with Crippen molar-refractivity contribution < 1.29 is 9.53 Å². The van der Waals surface area contributed by atoms with Crippen LogP contribution in [0.25, 0.3) is 0 Å². The molecule has 1 heterocycles. The van der Waals surface area contributed by atoms with Crippen molar-refractivity contribution in [3.05, 3.63) is 34.9 Å². The maximum Gasteiger partial charge on any atom is 0.254 e. The quantitative estimate of drug-likeness (QED) is 0.855. The zero-order valence-electron chi connectivity index (χ0n) is 12.9. The van der Waals surface area contributed by atoms with Crippen molar-refractivity contribution in [2.24, 2.45) is 5.92 Å². The van der Waals surface area contributed by atoms with E-state index in [1.807, 2.05) is 11.8 Å². The molecule has 0 aromatic heterocycles. The third-order valence-corrected chi connectivity index (χ3v) is 3.68. The Kier molecular flexibility index (Phi) is 4.98. The minimum Gasteiger partial charge on any atom is -0.376 e. The highest BCUT2D eigenvalue weighted by molar-refractivity contribution is 5.96. The summed E-state index contributed by atoms with van der Waals surface area (Å²) in [4.78, 5) is 14.4. The molecule has 1 aromatic rings. The van der Waals surface area contributed by atoms with Crippen LogP contribution in [-0.2, 0) is 4.74 Å². The Morgan fingerprint density at radius 2 is 2.29 bits per heavy atom. The molecule has 1 aliphatic rings. The third kappa shape index (κ3) is 3.83. The predicted octanol–water partition coefficient (Wildman–Crippen LogP) is 2.75. The van der Waals surface area contributed by atoms with Crippen LogP contribution in [-0.4, -0.2) is 36.6 Å². The van der Waals surface area contributed by atoms with Crippen LogP contribution >= 0.6 is 0 Å². The monoisotopic (exact) mass is 286 g/mol. The van der Waals surface area contributed by atoms with Crippen LogP contribution in [0.5, 0.6) is 0 Å². The lowest BCUT2D eigenvalue weighted by molar-refractivity contribution is 0.0396. The average Bonchev–Trinajstić information content (AvgIpc) is 2.93. The maximum atomic E-state index is 12.5. The molecule has 0 spiro atoms. The van der Waals surface area contributed by atoms with E-state index in [0.717, 1.165) is 25.1 Å². The highest BCUT2D eigenvalue weighted by Crippen LogP contribution is 2.19. The zero-order valence-corrected chi connectivity index (χ0v) is 12.9. The van der Waals surface area contributed by atoms with Gasteiger partial charge < -0.3 is 9.64 Å². The normalized spacial score (nSPS) is 18.0. The van der Waals surface area contributed by atoms with Gasteiger partial charge >= 0.3 is 0 Å². The van der Waals surface area contributed by atoms with Gasteiger partial charge in [0.2, 0.25) is 0 Å². The molecule has 1 atom stereocenters. The Labute approximate surface area is 126 Å². The Morgan fingerprint density at radius 1 is 1.52 bits per heavy atom. The summed E-state index contributed by atoms with van der Waals surface area (Å²) in [7, 11) is 0. The summed E-state index contributed by atoms with van der Waals surface area (Å²) in [6, 6.07) is 7.30. The van der Waals surface area contributed by atoms with Gasteiger partial charge in [-0.15, -0.1) is 0 Å². The summed E-state index contributed by atoms with van der Waals surface area (Å²) < 4.78 is 5.81. The van der Waals surface area contributed by atoms with Gasteiger partial charge in [-0.05, 0) is 43.0 Å². The molecule has 1 fully saturated rings. The molecule has 1 amide bonds. The first-order valence-corrected chi connectivity index (χ1v) is 7.43. The molecule has 1 unspecified atom stereocenters. The number of nitriles is 1. The van der Waals surface area contributed by atoms with Crippen LogP contribution < -0.4 is 0 Å². The molecule has 2 rings (SSSR count). The van der Waals surface area contributed by atoms with Gasteiger partial charge in [-0.2, -0.15) is 5.26 Å². The summed E-state index contributed by atoms with van der Waals surface area (Å²) in [6.07, 6.45) is 1.04. The summed E-state index contributed by atoms with van der Waals surface area (Å²) in [5, 5.41) is 8.88. The first kappa shape index (κ1) is 15.5. The van der Waals surface area contributed by atoms with Crippen LogP contribution in [0.2, 0.25) is 0 Å². The zero-order chi connectivity index (χ0) is 15.4. The SMILES string of the molecule is Cc1cc(C#N)ccc1C(=O)N1CCC(OCC(C)C)C1. The molecule has 0 saturated carbocycles. The van der Waals surface area contributed by atoms with E-state index in [2.05, 4.69) is 19.9 Å². The molecule has 0 bridgehead atoms. The molecule has 0 radical (unpaired) electrons. The van der Waals surface area contributed by atoms with Gasteiger partial charge in [0, 0.05) is 25.3 Å². The Morgan fingerprint density at radius 3 is 2.90 bits per heavy atom. The fraction of sp³-hybridized carbons (Fsp3) is 0.529. The van der Waals surface area contributed by atoms with Crippen molar-refractivity contribution in [3.8, 4) is 6.07 Å². The van der Waals surface area contributed by atoms with Crippen molar-refractivity contribution in [1.29, 1.82) is 5.26 Å². The van der Waals surface area contributed by atoms with E-state index in [0.29, 0.717) is 23.6 Å². The molecular formula is C17H22N2O2. The number of nitrogens with zero attached hydrogens (tertiary/aromatic N) is 2. The number of benzene rings is 1. The first-order chi connectivity index (χ1) is 10.0. The predicted molar refractivity (Wildman–Crippen MR) is 81.0 cm³/mol. The molecule has 4 nitrogen and oxygen atoms in total. The van der Waals surface area contributed by atoms with Crippen LogP contribution in [0.3, 0.4) is 0 Å². The van der Waals surface area contributed by atoms with Crippen LogP contribution in [0.4, 0.5) is 0 Å². The Bertz CT molecular complexity index is 560. The number of amides is 1. The van der Waals surface area contributed by atoms with E-state index in [9.17, 15) is 4.79 Å². The van der Waals surface area contributed by atoms with Crippen molar-refractivity contribution in [3.63, 3.8) is 0 Å². The number of ether oxygens (including phenoxy) is 1. The summed E-state index contributed by atoms with van der Waals surface area (Å²) in [5.41, 5.74) is 2.12. The lowest BCUT2D eigenvalue weighted by atomic mass is 10.0. The summed E-state index contributed by atoms with van der Waals surface area (Å²) in [6.45, 7) is 8.25. The van der Waals surface area contributed by atoms with Gasteiger partial charge in [0.25, 0.3) is 5.91 Å². The third-order valence-electron chi connectivity index (χ3n) is 3.68. The molecule has 4 heteroatoms. The van der Waals surface area contributed by atoms with Gasteiger partial charge in [-0.1, -0.05) is 13.8 Å². The van der Waals surface area contributed by atoms with Gasteiger partial charge in [0.1, 0.15) is 0 Å². The molecule has 112 valence electrons. The molecule has 1 saturated heterocycles. The fourth-order valence-corrected chi connectivity index (χ4v) is 2.52. The second kappa shape index (κ2) is 6.73. The number of carbonyl (C=O) groups excluding carboxylic acids is 1. The van der Waals surface area contributed by atoms with E-state index >= 15 is 0 Å².